The minimum absolute atomic E-state index is 0.522. The van der Waals surface area contributed by atoms with Crippen LogP contribution in [0.25, 0.3) is 0 Å². The van der Waals surface area contributed by atoms with E-state index in [0.29, 0.717) is 5.92 Å². The minimum atomic E-state index is 0.522. The van der Waals surface area contributed by atoms with Crippen molar-refractivity contribution in [2.75, 3.05) is 7.05 Å². The Morgan fingerprint density at radius 2 is 1.83 bits per heavy atom. The highest BCUT2D eigenvalue weighted by Gasteiger charge is 2.38. The van der Waals surface area contributed by atoms with Gasteiger partial charge in [-0.25, -0.2) is 0 Å². The zero-order valence-corrected chi connectivity index (χ0v) is 8.31. The van der Waals surface area contributed by atoms with Gasteiger partial charge in [0.05, 0.1) is 4.99 Å². The molecular weight excluding hydrogens is 168 g/mol. The Kier molecular flexibility index (Phi) is 2.09. The van der Waals surface area contributed by atoms with E-state index in [1.807, 2.05) is 0 Å². The fourth-order valence-corrected chi connectivity index (χ4v) is 2.84. The topological polar surface area (TPSA) is 29.3 Å². The summed E-state index contributed by atoms with van der Waals surface area (Å²) in [6.45, 7) is 0. The highest BCUT2D eigenvalue weighted by atomic mass is 32.1. The predicted octanol–water partition coefficient (Wildman–Crippen LogP) is 1.15. The largest absolute Gasteiger partial charge is 0.393 e. The summed E-state index contributed by atoms with van der Waals surface area (Å²) in [6, 6.07) is 1.52. The second-order valence-corrected chi connectivity index (χ2v) is 4.59. The van der Waals surface area contributed by atoms with Gasteiger partial charge in [-0.2, -0.15) is 0 Å². The molecule has 2 saturated heterocycles. The summed E-state index contributed by atoms with van der Waals surface area (Å²) in [4.78, 5) is 3.24. The summed E-state index contributed by atoms with van der Waals surface area (Å²) in [7, 11) is 2.23. The van der Waals surface area contributed by atoms with Gasteiger partial charge in [0.1, 0.15) is 0 Å². The summed E-state index contributed by atoms with van der Waals surface area (Å²) in [5, 5.41) is 0. The van der Waals surface area contributed by atoms with Crippen LogP contribution in [0, 0.1) is 5.92 Å². The zero-order valence-electron chi connectivity index (χ0n) is 7.49. The number of rotatable bonds is 1. The van der Waals surface area contributed by atoms with E-state index < -0.39 is 0 Å². The molecule has 68 valence electrons. The molecule has 0 aliphatic carbocycles. The second kappa shape index (κ2) is 2.96. The van der Waals surface area contributed by atoms with Crippen LogP contribution in [0.2, 0.25) is 0 Å². The maximum absolute atomic E-state index is 5.68. The highest BCUT2D eigenvalue weighted by Crippen LogP contribution is 2.37. The molecule has 2 N–H and O–H groups in total. The van der Waals surface area contributed by atoms with Crippen molar-refractivity contribution in [1.82, 2.24) is 4.90 Å². The molecule has 0 amide bonds. The van der Waals surface area contributed by atoms with Gasteiger partial charge in [0.25, 0.3) is 0 Å². The van der Waals surface area contributed by atoms with Gasteiger partial charge in [-0.3, -0.25) is 0 Å². The quantitative estimate of drug-likeness (QED) is 0.620. The third-order valence-electron chi connectivity index (χ3n) is 3.50. The van der Waals surface area contributed by atoms with Crippen LogP contribution in [-0.4, -0.2) is 29.0 Å². The zero-order chi connectivity index (χ0) is 8.72. The first-order valence-electron chi connectivity index (χ1n) is 4.69. The SMILES string of the molecule is CN1[C@H]2CC[C@H]1CC(C(N)=S)C2. The molecule has 2 rings (SSSR count). The van der Waals surface area contributed by atoms with Crippen LogP contribution in [0.3, 0.4) is 0 Å². The van der Waals surface area contributed by atoms with E-state index in [1.54, 1.807) is 0 Å². The van der Waals surface area contributed by atoms with Crippen LogP contribution in [-0.2, 0) is 0 Å². The molecule has 2 aliphatic heterocycles. The first-order valence-corrected chi connectivity index (χ1v) is 5.10. The molecule has 3 heteroatoms. The average molecular weight is 184 g/mol. The lowest BCUT2D eigenvalue weighted by atomic mass is 9.91. The maximum atomic E-state index is 5.68. The van der Waals surface area contributed by atoms with E-state index >= 15 is 0 Å². The number of fused-ring (bicyclic) bond motifs is 2. The van der Waals surface area contributed by atoms with Gasteiger partial charge in [0, 0.05) is 18.0 Å². The molecule has 0 aromatic rings. The third kappa shape index (κ3) is 1.25. The summed E-state index contributed by atoms with van der Waals surface area (Å²) < 4.78 is 0. The van der Waals surface area contributed by atoms with Gasteiger partial charge in [-0.05, 0) is 32.7 Å². The molecule has 0 spiro atoms. The Hall–Kier alpha value is -0.150. The Labute approximate surface area is 79.1 Å². The number of nitrogens with zero attached hydrogens (tertiary/aromatic N) is 1. The maximum Gasteiger partial charge on any atom is 0.0759 e. The summed E-state index contributed by atoms with van der Waals surface area (Å²) >= 11 is 5.05. The molecule has 2 bridgehead atoms. The number of hydrogen-bond acceptors (Lipinski definition) is 2. The molecule has 2 aliphatic rings. The van der Waals surface area contributed by atoms with Crippen molar-refractivity contribution >= 4 is 17.2 Å². The Bertz CT molecular complexity index is 191. The molecule has 2 fully saturated rings. The van der Waals surface area contributed by atoms with E-state index in [2.05, 4.69) is 11.9 Å². The molecule has 0 saturated carbocycles. The van der Waals surface area contributed by atoms with Crippen LogP contribution in [0.1, 0.15) is 25.7 Å². The molecule has 0 aromatic heterocycles. The molecule has 12 heavy (non-hydrogen) atoms. The Morgan fingerprint density at radius 3 is 2.25 bits per heavy atom. The van der Waals surface area contributed by atoms with Crippen molar-refractivity contribution in [3.05, 3.63) is 0 Å². The van der Waals surface area contributed by atoms with Crippen molar-refractivity contribution < 1.29 is 0 Å². The Balaban J connectivity index is 2.07. The van der Waals surface area contributed by atoms with Crippen LogP contribution < -0.4 is 5.73 Å². The van der Waals surface area contributed by atoms with E-state index in [-0.39, 0.29) is 0 Å². The number of piperidine rings is 1. The highest BCUT2D eigenvalue weighted by molar-refractivity contribution is 7.80. The molecule has 0 radical (unpaired) electrons. The van der Waals surface area contributed by atoms with E-state index in [4.69, 9.17) is 18.0 Å². The smallest absolute Gasteiger partial charge is 0.0759 e. The summed E-state index contributed by atoms with van der Waals surface area (Å²) in [6.07, 6.45) is 5.09. The molecule has 0 aromatic carbocycles. The van der Waals surface area contributed by atoms with Crippen molar-refractivity contribution in [2.45, 2.75) is 37.8 Å². The molecular formula is C9H16N2S. The number of hydrogen-bond donors (Lipinski definition) is 1. The predicted molar refractivity (Wildman–Crippen MR) is 54.1 cm³/mol. The van der Waals surface area contributed by atoms with Gasteiger partial charge >= 0.3 is 0 Å². The molecule has 2 nitrogen and oxygen atoms in total. The molecule has 2 heterocycles. The summed E-state index contributed by atoms with van der Waals surface area (Å²) in [5.74, 6) is 0.522. The van der Waals surface area contributed by atoms with Crippen molar-refractivity contribution in [3.63, 3.8) is 0 Å². The number of nitrogens with two attached hydrogens (primary N) is 1. The van der Waals surface area contributed by atoms with Gasteiger partial charge in [0.2, 0.25) is 0 Å². The van der Waals surface area contributed by atoms with E-state index in [9.17, 15) is 0 Å². The van der Waals surface area contributed by atoms with Crippen LogP contribution in [0.4, 0.5) is 0 Å². The standard InChI is InChI=1S/C9H16N2S/c1-11-7-2-3-8(11)5-6(4-7)9(10)12/h6-8H,2-5H2,1H3,(H2,10,12)/t7-,8-/m0/s1. The first-order chi connectivity index (χ1) is 5.68. The lowest BCUT2D eigenvalue weighted by Crippen LogP contribution is -2.43. The van der Waals surface area contributed by atoms with Crippen LogP contribution in [0.5, 0.6) is 0 Å². The average Bonchev–Trinajstić information content (AvgIpc) is 2.30. The fourth-order valence-electron chi connectivity index (χ4n) is 2.64. The van der Waals surface area contributed by atoms with Gasteiger partial charge < -0.3 is 10.6 Å². The van der Waals surface area contributed by atoms with Gasteiger partial charge in [-0.1, -0.05) is 12.2 Å². The van der Waals surface area contributed by atoms with Crippen molar-refractivity contribution in [3.8, 4) is 0 Å². The summed E-state index contributed by atoms with van der Waals surface area (Å²) in [5.41, 5.74) is 5.68. The van der Waals surface area contributed by atoms with Gasteiger partial charge in [-0.15, -0.1) is 0 Å². The van der Waals surface area contributed by atoms with Crippen molar-refractivity contribution in [2.24, 2.45) is 11.7 Å². The second-order valence-electron chi connectivity index (χ2n) is 4.12. The van der Waals surface area contributed by atoms with Gasteiger partial charge in [0.15, 0.2) is 0 Å². The number of thiocarbonyl (C=S) groups is 1. The molecule has 0 unspecified atom stereocenters. The van der Waals surface area contributed by atoms with Crippen LogP contribution >= 0.6 is 12.2 Å². The first kappa shape index (κ1) is 8.45. The van der Waals surface area contributed by atoms with Crippen LogP contribution in [0.15, 0.2) is 0 Å². The molecule has 2 atom stereocenters. The van der Waals surface area contributed by atoms with E-state index in [0.717, 1.165) is 17.1 Å². The fraction of sp³-hybridized carbons (Fsp3) is 0.889. The normalized spacial score (nSPS) is 41.6. The minimum Gasteiger partial charge on any atom is -0.393 e. The lowest BCUT2D eigenvalue weighted by molar-refractivity contribution is 0.159. The third-order valence-corrected chi connectivity index (χ3v) is 3.83. The lowest BCUT2D eigenvalue weighted by Gasteiger charge is -2.35. The monoisotopic (exact) mass is 184 g/mol. The van der Waals surface area contributed by atoms with Crippen molar-refractivity contribution in [1.29, 1.82) is 0 Å². The van der Waals surface area contributed by atoms with E-state index in [1.165, 1.54) is 25.7 Å². The Morgan fingerprint density at radius 1 is 1.33 bits per heavy atom.